The second-order valence-corrected chi connectivity index (χ2v) is 5.99. The molecule has 2 aromatic rings. The molecule has 1 amide bonds. The average molecular weight is 396 g/mol. The molecule has 1 N–H and O–H groups in total. The van der Waals surface area contributed by atoms with Crippen LogP contribution < -0.4 is 10.1 Å². The Morgan fingerprint density at radius 2 is 1.85 bits per heavy atom. The Balaban J connectivity index is 1.85. The number of aryl methyl sites for hydroxylation is 1. The smallest absolute Gasteiger partial charge is 0.344 e. The molecule has 136 valence electrons. The fourth-order valence-corrected chi connectivity index (χ4v) is 2.45. The van der Waals surface area contributed by atoms with Crippen LogP contribution in [0, 0.1) is 6.92 Å². The van der Waals surface area contributed by atoms with Crippen LogP contribution in [0.5, 0.6) is 5.75 Å². The zero-order valence-electron chi connectivity index (χ0n) is 13.8. The lowest BCUT2D eigenvalue weighted by atomic mass is 10.2. The van der Waals surface area contributed by atoms with Crippen molar-refractivity contribution in [1.29, 1.82) is 0 Å². The number of para-hydroxylation sites is 1. The van der Waals surface area contributed by atoms with Crippen LogP contribution in [0.15, 0.2) is 36.4 Å². The summed E-state index contributed by atoms with van der Waals surface area (Å²) in [5, 5.41) is 3.08. The van der Waals surface area contributed by atoms with Crippen molar-refractivity contribution in [2.75, 3.05) is 18.5 Å². The normalized spacial score (nSPS) is 10.1. The molecule has 0 saturated heterocycles. The fraction of sp³-hybridized carbons (Fsp3) is 0.167. The summed E-state index contributed by atoms with van der Waals surface area (Å²) in [6.45, 7) is 0.797. The van der Waals surface area contributed by atoms with Gasteiger partial charge in [0.15, 0.2) is 19.5 Å². The van der Waals surface area contributed by atoms with Gasteiger partial charge in [0.05, 0.1) is 21.3 Å². The van der Waals surface area contributed by atoms with E-state index in [1.165, 1.54) is 0 Å². The van der Waals surface area contributed by atoms with Crippen molar-refractivity contribution >= 4 is 47.1 Å². The molecule has 0 fully saturated rings. The highest BCUT2D eigenvalue weighted by Gasteiger charge is 2.14. The lowest BCUT2D eigenvalue weighted by Gasteiger charge is -2.12. The number of amides is 1. The second kappa shape index (κ2) is 9.22. The topological polar surface area (TPSA) is 81.7 Å². The van der Waals surface area contributed by atoms with Gasteiger partial charge >= 0.3 is 5.97 Å². The first-order valence-corrected chi connectivity index (χ1v) is 8.25. The number of hydrogen-bond acceptors (Lipinski definition) is 5. The third kappa shape index (κ3) is 5.21. The van der Waals surface area contributed by atoms with E-state index in [-0.39, 0.29) is 16.5 Å². The van der Waals surface area contributed by atoms with Crippen LogP contribution in [-0.4, -0.2) is 31.4 Å². The predicted molar refractivity (Wildman–Crippen MR) is 98.1 cm³/mol. The number of halogens is 2. The first-order valence-electron chi connectivity index (χ1n) is 7.49. The summed E-state index contributed by atoms with van der Waals surface area (Å²) >= 11 is 12.1. The van der Waals surface area contributed by atoms with Gasteiger partial charge in [0.1, 0.15) is 5.75 Å². The number of hydrogen-bond donors (Lipinski definition) is 1. The summed E-state index contributed by atoms with van der Waals surface area (Å²) in [7, 11) is 0. The Bertz CT molecular complexity index is 838. The van der Waals surface area contributed by atoms with Crippen molar-refractivity contribution in [3.05, 3.63) is 57.6 Å². The average Bonchev–Trinajstić information content (AvgIpc) is 2.65. The molecule has 0 aliphatic rings. The van der Waals surface area contributed by atoms with Gasteiger partial charge < -0.3 is 14.8 Å². The minimum absolute atomic E-state index is 0.252. The predicted octanol–water partition coefficient (Wildman–Crippen LogP) is 3.68. The van der Waals surface area contributed by atoms with E-state index >= 15 is 0 Å². The van der Waals surface area contributed by atoms with Gasteiger partial charge in [0.2, 0.25) is 0 Å². The maximum Gasteiger partial charge on any atom is 0.344 e. The van der Waals surface area contributed by atoms with Crippen LogP contribution in [0.4, 0.5) is 5.69 Å². The number of benzene rings is 2. The third-order valence-electron chi connectivity index (χ3n) is 3.30. The van der Waals surface area contributed by atoms with E-state index in [1.807, 2.05) is 0 Å². The number of carbonyl (C=O) groups is 3. The van der Waals surface area contributed by atoms with E-state index in [2.05, 4.69) is 5.32 Å². The molecule has 0 spiro atoms. The SMILES string of the molecule is Cc1ccc(Cl)c(NC(=O)COC(=O)COc2ccccc2C=O)c1Cl. The van der Waals surface area contributed by atoms with Crippen LogP contribution in [0.2, 0.25) is 10.0 Å². The molecule has 0 radical (unpaired) electrons. The van der Waals surface area contributed by atoms with Crippen molar-refractivity contribution in [3.8, 4) is 5.75 Å². The monoisotopic (exact) mass is 395 g/mol. The van der Waals surface area contributed by atoms with Crippen molar-refractivity contribution in [2.45, 2.75) is 6.92 Å². The summed E-state index contributed by atoms with van der Waals surface area (Å²) in [6.07, 6.45) is 0.615. The largest absolute Gasteiger partial charge is 0.481 e. The first-order chi connectivity index (χ1) is 12.4. The number of esters is 1. The number of aldehydes is 1. The van der Waals surface area contributed by atoms with Gasteiger partial charge in [-0.2, -0.15) is 0 Å². The second-order valence-electron chi connectivity index (χ2n) is 5.21. The molecule has 8 heteroatoms. The van der Waals surface area contributed by atoms with Gasteiger partial charge in [-0.05, 0) is 30.7 Å². The van der Waals surface area contributed by atoms with Crippen LogP contribution in [0.25, 0.3) is 0 Å². The van der Waals surface area contributed by atoms with E-state index in [0.717, 1.165) is 5.56 Å². The lowest BCUT2D eigenvalue weighted by molar-refractivity contribution is -0.149. The Kier molecular flexibility index (Phi) is 7.00. The quantitative estimate of drug-likeness (QED) is 0.571. The van der Waals surface area contributed by atoms with Crippen molar-refractivity contribution in [2.24, 2.45) is 0 Å². The van der Waals surface area contributed by atoms with Gasteiger partial charge in [-0.1, -0.05) is 41.4 Å². The number of nitrogens with one attached hydrogen (secondary N) is 1. The Morgan fingerprint density at radius 1 is 1.12 bits per heavy atom. The standard InChI is InChI=1S/C18H15Cl2NO5/c1-11-6-7-13(19)18(17(11)20)21-15(23)9-26-16(24)10-25-14-5-3-2-4-12(14)8-22/h2-8H,9-10H2,1H3,(H,21,23). The van der Waals surface area contributed by atoms with Crippen molar-refractivity contribution < 1.29 is 23.9 Å². The highest BCUT2D eigenvalue weighted by atomic mass is 35.5. The number of ether oxygens (including phenoxy) is 2. The molecule has 0 atom stereocenters. The number of anilines is 1. The molecule has 0 aromatic heterocycles. The summed E-state index contributed by atoms with van der Waals surface area (Å²) < 4.78 is 10.0. The van der Waals surface area contributed by atoms with Gasteiger partial charge in [0, 0.05) is 0 Å². The molecule has 0 saturated carbocycles. The zero-order valence-corrected chi connectivity index (χ0v) is 15.3. The van der Waals surface area contributed by atoms with E-state index in [4.69, 9.17) is 32.7 Å². The Labute approximate surface area is 160 Å². The Morgan fingerprint density at radius 3 is 2.58 bits per heavy atom. The molecular weight excluding hydrogens is 381 g/mol. The molecule has 2 aromatic carbocycles. The van der Waals surface area contributed by atoms with Gasteiger partial charge in [0.25, 0.3) is 5.91 Å². The van der Waals surface area contributed by atoms with Crippen LogP contribution in [-0.2, 0) is 14.3 Å². The highest BCUT2D eigenvalue weighted by molar-refractivity contribution is 6.40. The van der Waals surface area contributed by atoms with E-state index < -0.39 is 25.1 Å². The summed E-state index contributed by atoms with van der Waals surface area (Å²) in [4.78, 5) is 34.5. The van der Waals surface area contributed by atoms with E-state index in [1.54, 1.807) is 43.3 Å². The molecule has 0 unspecified atom stereocenters. The van der Waals surface area contributed by atoms with E-state index in [9.17, 15) is 14.4 Å². The summed E-state index contributed by atoms with van der Waals surface area (Å²) in [5.41, 5.74) is 1.30. The lowest BCUT2D eigenvalue weighted by Crippen LogP contribution is -2.24. The van der Waals surface area contributed by atoms with Crippen LogP contribution in [0.1, 0.15) is 15.9 Å². The maximum atomic E-state index is 11.9. The van der Waals surface area contributed by atoms with Crippen molar-refractivity contribution in [1.82, 2.24) is 0 Å². The first kappa shape index (κ1) is 19.8. The number of carbonyl (C=O) groups excluding carboxylic acids is 3. The van der Waals surface area contributed by atoms with Gasteiger partial charge in [-0.25, -0.2) is 4.79 Å². The molecule has 26 heavy (non-hydrogen) atoms. The number of rotatable bonds is 7. The molecule has 6 nitrogen and oxygen atoms in total. The van der Waals surface area contributed by atoms with Crippen LogP contribution >= 0.6 is 23.2 Å². The van der Waals surface area contributed by atoms with Gasteiger partial charge in [-0.3, -0.25) is 9.59 Å². The molecule has 0 bridgehead atoms. The molecule has 0 aliphatic carbocycles. The van der Waals surface area contributed by atoms with Gasteiger partial charge in [-0.15, -0.1) is 0 Å². The maximum absolute atomic E-state index is 11.9. The van der Waals surface area contributed by atoms with Crippen LogP contribution in [0.3, 0.4) is 0 Å². The Hall–Kier alpha value is -2.57. The highest BCUT2D eigenvalue weighted by Crippen LogP contribution is 2.32. The van der Waals surface area contributed by atoms with E-state index in [0.29, 0.717) is 16.9 Å². The third-order valence-corrected chi connectivity index (χ3v) is 4.11. The summed E-state index contributed by atoms with van der Waals surface area (Å²) in [5.74, 6) is -1.11. The zero-order chi connectivity index (χ0) is 19.1. The molecular formula is C18H15Cl2NO5. The summed E-state index contributed by atoms with van der Waals surface area (Å²) in [6, 6.07) is 9.75. The minimum atomic E-state index is -0.762. The fourth-order valence-electron chi connectivity index (χ4n) is 1.98. The molecule has 2 rings (SSSR count). The van der Waals surface area contributed by atoms with Crippen molar-refractivity contribution in [3.63, 3.8) is 0 Å². The molecule has 0 heterocycles. The molecule has 0 aliphatic heterocycles. The minimum Gasteiger partial charge on any atom is -0.481 e.